The number of aryl methyl sites for hydroxylation is 1. The van der Waals surface area contributed by atoms with E-state index in [2.05, 4.69) is 25.2 Å². The van der Waals surface area contributed by atoms with Crippen molar-refractivity contribution in [3.63, 3.8) is 0 Å². The van der Waals surface area contributed by atoms with Crippen molar-refractivity contribution in [3.05, 3.63) is 29.3 Å². The van der Waals surface area contributed by atoms with Crippen LogP contribution in [0, 0.1) is 19.8 Å². The molecule has 21 heavy (non-hydrogen) atoms. The van der Waals surface area contributed by atoms with Gasteiger partial charge < -0.3 is 15.0 Å². The lowest BCUT2D eigenvalue weighted by molar-refractivity contribution is 0.169. The molecule has 0 saturated carbocycles. The molecule has 1 heterocycles. The SMILES string of the molecule is CCCN(CC1CCOC1)C(=O)Nc1cccc(C)c1C. The van der Waals surface area contributed by atoms with Crippen LogP contribution in [0.1, 0.15) is 30.9 Å². The predicted octanol–water partition coefficient (Wildman–Crippen LogP) is 3.58. The van der Waals surface area contributed by atoms with Gasteiger partial charge in [-0.3, -0.25) is 0 Å². The van der Waals surface area contributed by atoms with Crippen molar-refractivity contribution < 1.29 is 9.53 Å². The van der Waals surface area contributed by atoms with Gasteiger partial charge in [0.15, 0.2) is 0 Å². The molecule has 2 amide bonds. The number of benzene rings is 1. The molecule has 4 nitrogen and oxygen atoms in total. The van der Waals surface area contributed by atoms with Crippen molar-refractivity contribution in [2.45, 2.75) is 33.6 Å². The van der Waals surface area contributed by atoms with E-state index in [1.165, 1.54) is 5.56 Å². The fourth-order valence-electron chi connectivity index (χ4n) is 2.67. The zero-order valence-electron chi connectivity index (χ0n) is 13.3. The van der Waals surface area contributed by atoms with E-state index in [0.717, 1.165) is 50.4 Å². The van der Waals surface area contributed by atoms with E-state index in [9.17, 15) is 4.79 Å². The van der Waals surface area contributed by atoms with Gasteiger partial charge in [-0.1, -0.05) is 19.1 Å². The molecule has 116 valence electrons. The van der Waals surface area contributed by atoms with Crippen LogP contribution >= 0.6 is 0 Å². The minimum absolute atomic E-state index is 0.00236. The molecule has 1 N–H and O–H groups in total. The molecule has 0 aromatic heterocycles. The Balaban J connectivity index is 2.01. The van der Waals surface area contributed by atoms with Crippen LogP contribution < -0.4 is 5.32 Å². The van der Waals surface area contributed by atoms with Crippen molar-refractivity contribution in [2.24, 2.45) is 5.92 Å². The molecule has 0 aliphatic carbocycles. The van der Waals surface area contributed by atoms with Gasteiger partial charge in [0.05, 0.1) is 6.61 Å². The molecule has 1 fully saturated rings. The lowest BCUT2D eigenvalue weighted by atomic mass is 10.1. The summed E-state index contributed by atoms with van der Waals surface area (Å²) >= 11 is 0. The van der Waals surface area contributed by atoms with Gasteiger partial charge in [-0.25, -0.2) is 4.79 Å². The first-order valence-corrected chi connectivity index (χ1v) is 7.81. The first-order valence-electron chi connectivity index (χ1n) is 7.81. The van der Waals surface area contributed by atoms with Gasteiger partial charge in [0.25, 0.3) is 0 Å². The van der Waals surface area contributed by atoms with Crippen LogP contribution in [0.3, 0.4) is 0 Å². The van der Waals surface area contributed by atoms with Gasteiger partial charge in [-0.15, -0.1) is 0 Å². The molecule has 0 spiro atoms. The second kappa shape index (κ2) is 7.46. The molecule has 1 aliphatic heterocycles. The van der Waals surface area contributed by atoms with Gasteiger partial charge >= 0.3 is 6.03 Å². The third-order valence-electron chi connectivity index (χ3n) is 4.13. The lowest BCUT2D eigenvalue weighted by Gasteiger charge is -2.25. The van der Waals surface area contributed by atoms with Gasteiger partial charge in [0.1, 0.15) is 0 Å². The standard InChI is InChI=1S/C17H26N2O2/c1-4-9-19(11-15-8-10-21-12-15)17(20)18-16-7-5-6-13(2)14(16)3/h5-7,15H,4,8-12H2,1-3H3,(H,18,20). The number of hydrogen-bond acceptors (Lipinski definition) is 2. The Morgan fingerprint density at radius 1 is 1.43 bits per heavy atom. The quantitative estimate of drug-likeness (QED) is 0.900. The van der Waals surface area contributed by atoms with E-state index in [1.807, 2.05) is 24.0 Å². The first kappa shape index (κ1) is 15.8. The summed E-state index contributed by atoms with van der Waals surface area (Å²) in [5.74, 6) is 0.473. The second-order valence-corrected chi connectivity index (χ2v) is 5.85. The fourth-order valence-corrected chi connectivity index (χ4v) is 2.67. The maximum atomic E-state index is 12.5. The van der Waals surface area contributed by atoms with Crippen molar-refractivity contribution in [1.29, 1.82) is 0 Å². The Morgan fingerprint density at radius 2 is 2.24 bits per heavy atom. The molecule has 2 rings (SSSR count). The van der Waals surface area contributed by atoms with Gasteiger partial charge in [-0.05, 0) is 43.9 Å². The van der Waals surface area contributed by atoms with Crippen LogP contribution in [0.25, 0.3) is 0 Å². The van der Waals surface area contributed by atoms with Crippen LogP contribution in [0.5, 0.6) is 0 Å². The van der Waals surface area contributed by atoms with E-state index in [4.69, 9.17) is 4.74 Å². The van der Waals surface area contributed by atoms with E-state index in [-0.39, 0.29) is 6.03 Å². The lowest BCUT2D eigenvalue weighted by Crippen LogP contribution is -2.39. The van der Waals surface area contributed by atoms with Crippen molar-refractivity contribution in [1.82, 2.24) is 4.90 Å². The third-order valence-corrected chi connectivity index (χ3v) is 4.13. The fraction of sp³-hybridized carbons (Fsp3) is 0.588. The summed E-state index contributed by atoms with van der Waals surface area (Å²) in [6, 6.07) is 6.00. The molecule has 1 aromatic rings. The number of nitrogens with one attached hydrogen (secondary N) is 1. The zero-order chi connectivity index (χ0) is 15.2. The average molecular weight is 290 g/mol. The highest BCUT2D eigenvalue weighted by molar-refractivity contribution is 5.90. The minimum Gasteiger partial charge on any atom is -0.381 e. The van der Waals surface area contributed by atoms with Crippen molar-refractivity contribution >= 4 is 11.7 Å². The number of nitrogens with zero attached hydrogens (tertiary/aromatic N) is 1. The van der Waals surface area contributed by atoms with E-state index >= 15 is 0 Å². The molecule has 1 aromatic carbocycles. The maximum absolute atomic E-state index is 12.5. The predicted molar refractivity (Wildman–Crippen MR) is 85.7 cm³/mol. The molecule has 1 unspecified atom stereocenters. The third kappa shape index (κ3) is 4.21. The van der Waals surface area contributed by atoms with E-state index in [0.29, 0.717) is 5.92 Å². The van der Waals surface area contributed by atoms with Crippen molar-refractivity contribution in [2.75, 3.05) is 31.6 Å². The number of ether oxygens (including phenoxy) is 1. The maximum Gasteiger partial charge on any atom is 0.321 e. The topological polar surface area (TPSA) is 41.6 Å². The molecular weight excluding hydrogens is 264 g/mol. The summed E-state index contributed by atoms with van der Waals surface area (Å²) in [4.78, 5) is 14.4. The zero-order valence-corrected chi connectivity index (χ0v) is 13.3. The van der Waals surface area contributed by atoms with Gasteiger partial charge in [0.2, 0.25) is 0 Å². The summed E-state index contributed by atoms with van der Waals surface area (Å²) in [6.45, 7) is 9.37. The number of carbonyl (C=O) groups excluding carboxylic acids is 1. The Kier molecular flexibility index (Phi) is 5.62. The molecule has 0 radical (unpaired) electrons. The van der Waals surface area contributed by atoms with Gasteiger partial charge in [0, 0.05) is 31.3 Å². The summed E-state index contributed by atoms with van der Waals surface area (Å²) in [6.07, 6.45) is 2.02. The first-order chi connectivity index (χ1) is 10.1. The Hall–Kier alpha value is -1.55. The molecule has 1 atom stereocenters. The van der Waals surface area contributed by atoms with Crippen LogP contribution in [0.2, 0.25) is 0 Å². The highest BCUT2D eigenvalue weighted by atomic mass is 16.5. The Bertz CT molecular complexity index is 482. The van der Waals surface area contributed by atoms with E-state index in [1.54, 1.807) is 0 Å². The molecule has 1 aliphatic rings. The smallest absolute Gasteiger partial charge is 0.321 e. The average Bonchev–Trinajstić information content (AvgIpc) is 2.96. The summed E-state index contributed by atoms with van der Waals surface area (Å²) < 4.78 is 5.41. The molecule has 4 heteroatoms. The molecular formula is C17H26N2O2. The number of amides is 2. The monoisotopic (exact) mass is 290 g/mol. The van der Waals surface area contributed by atoms with Crippen LogP contribution in [0.4, 0.5) is 10.5 Å². The Morgan fingerprint density at radius 3 is 2.90 bits per heavy atom. The minimum atomic E-state index is -0.00236. The summed E-state index contributed by atoms with van der Waals surface area (Å²) in [5.41, 5.74) is 3.23. The molecule has 1 saturated heterocycles. The number of hydrogen-bond donors (Lipinski definition) is 1. The highest BCUT2D eigenvalue weighted by Gasteiger charge is 2.22. The number of urea groups is 1. The number of anilines is 1. The van der Waals surface area contributed by atoms with Crippen LogP contribution in [-0.4, -0.2) is 37.2 Å². The van der Waals surface area contributed by atoms with Crippen molar-refractivity contribution in [3.8, 4) is 0 Å². The summed E-state index contributed by atoms with van der Waals surface area (Å²) in [5, 5.41) is 3.06. The van der Waals surface area contributed by atoms with Gasteiger partial charge in [-0.2, -0.15) is 0 Å². The summed E-state index contributed by atoms with van der Waals surface area (Å²) in [7, 11) is 0. The van der Waals surface area contributed by atoms with Crippen LogP contribution in [0.15, 0.2) is 18.2 Å². The number of carbonyl (C=O) groups is 1. The second-order valence-electron chi connectivity index (χ2n) is 5.85. The van der Waals surface area contributed by atoms with E-state index < -0.39 is 0 Å². The highest BCUT2D eigenvalue weighted by Crippen LogP contribution is 2.19. The number of rotatable bonds is 5. The Labute approximate surface area is 127 Å². The van der Waals surface area contributed by atoms with Crippen LogP contribution in [-0.2, 0) is 4.74 Å². The normalized spacial score (nSPS) is 17.8. The molecule has 0 bridgehead atoms. The largest absolute Gasteiger partial charge is 0.381 e.